The van der Waals surface area contributed by atoms with Crippen LogP contribution in [0, 0.1) is 11.3 Å². The van der Waals surface area contributed by atoms with E-state index in [4.69, 9.17) is 4.74 Å². The van der Waals surface area contributed by atoms with Crippen molar-refractivity contribution >= 4 is 11.9 Å². The van der Waals surface area contributed by atoms with E-state index in [1.165, 1.54) is 4.90 Å². The third-order valence-electron chi connectivity index (χ3n) is 4.03. The van der Waals surface area contributed by atoms with Crippen LogP contribution in [0.2, 0.25) is 0 Å². The summed E-state index contributed by atoms with van der Waals surface area (Å²) in [7, 11) is 0. The molecule has 0 radical (unpaired) electrons. The average molecular weight is 383 g/mol. The third kappa shape index (κ3) is 4.96. The molecule has 0 aromatic carbocycles. The molecule has 0 aliphatic carbocycles. The van der Waals surface area contributed by atoms with Gasteiger partial charge in [-0.25, -0.2) is 4.79 Å². The molecule has 1 aliphatic rings. The molecule has 0 N–H and O–H groups in total. The van der Waals surface area contributed by atoms with E-state index in [1.807, 2.05) is 0 Å². The minimum Gasteiger partial charge on any atom is -0.444 e. The molecule has 27 heavy (non-hydrogen) atoms. The Labute approximate surface area is 154 Å². The van der Waals surface area contributed by atoms with E-state index in [0.29, 0.717) is 25.6 Å². The highest BCUT2D eigenvalue weighted by Crippen LogP contribution is 2.30. The van der Waals surface area contributed by atoms with E-state index >= 15 is 0 Å². The number of carbonyl (C=O) groups is 2. The maximum absolute atomic E-state index is 12.8. The number of rotatable bonds is 3. The number of pyridine rings is 1. The molecule has 2 heterocycles. The Morgan fingerprint density at radius 3 is 2.48 bits per heavy atom. The molecule has 9 heteroatoms. The first kappa shape index (κ1) is 20.7. The molecular weight excluding hydrogens is 363 g/mol. The van der Waals surface area contributed by atoms with Crippen LogP contribution in [0.1, 0.15) is 50.8 Å². The van der Waals surface area contributed by atoms with E-state index in [-0.39, 0.29) is 5.69 Å². The van der Waals surface area contributed by atoms with Gasteiger partial charge in [0.05, 0.1) is 23.4 Å². The zero-order valence-electron chi connectivity index (χ0n) is 15.2. The van der Waals surface area contributed by atoms with Crippen LogP contribution in [-0.4, -0.2) is 39.9 Å². The van der Waals surface area contributed by atoms with Gasteiger partial charge in [0.15, 0.2) is 5.78 Å². The Kier molecular flexibility index (Phi) is 5.78. The number of amides is 1. The SMILES string of the molecule is CC(C)(C)OC(=O)N1CCC[C@H]1C(=O)C(C#N)c1ccc(C(F)(F)F)cn1. The van der Waals surface area contributed by atoms with Crippen molar-refractivity contribution < 1.29 is 27.5 Å². The number of nitriles is 1. The minimum absolute atomic E-state index is 0.0773. The molecule has 1 aliphatic heterocycles. The van der Waals surface area contributed by atoms with Crippen LogP contribution in [0.25, 0.3) is 0 Å². The van der Waals surface area contributed by atoms with E-state index in [2.05, 4.69) is 4.98 Å². The number of alkyl halides is 3. The highest BCUT2D eigenvalue weighted by atomic mass is 19.4. The fourth-order valence-corrected chi connectivity index (χ4v) is 2.81. The number of hydrogen-bond donors (Lipinski definition) is 0. The molecule has 0 bridgehead atoms. The summed E-state index contributed by atoms with van der Waals surface area (Å²) in [4.78, 5) is 30.0. The maximum atomic E-state index is 12.8. The highest BCUT2D eigenvalue weighted by molar-refractivity contribution is 5.94. The molecule has 1 amide bonds. The Hall–Kier alpha value is -2.63. The van der Waals surface area contributed by atoms with Crippen molar-refractivity contribution in [3.8, 4) is 6.07 Å². The summed E-state index contributed by atoms with van der Waals surface area (Å²) in [5, 5.41) is 9.38. The van der Waals surface area contributed by atoms with Crippen molar-refractivity contribution in [2.24, 2.45) is 0 Å². The van der Waals surface area contributed by atoms with Gasteiger partial charge in [0, 0.05) is 12.7 Å². The van der Waals surface area contributed by atoms with Crippen LogP contribution in [-0.2, 0) is 15.7 Å². The fourth-order valence-electron chi connectivity index (χ4n) is 2.81. The molecule has 0 spiro atoms. The molecule has 2 atom stereocenters. The van der Waals surface area contributed by atoms with Crippen LogP contribution in [0.5, 0.6) is 0 Å². The van der Waals surface area contributed by atoms with Gasteiger partial charge in [0.1, 0.15) is 11.5 Å². The van der Waals surface area contributed by atoms with Gasteiger partial charge >= 0.3 is 12.3 Å². The lowest BCUT2D eigenvalue weighted by molar-refractivity contribution is -0.137. The second-order valence-corrected chi connectivity index (χ2v) is 7.27. The molecular formula is C18H20F3N3O3. The molecule has 146 valence electrons. The predicted octanol–water partition coefficient (Wildman–Crippen LogP) is 3.68. The number of ketones is 1. The van der Waals surface area contributed by atoms with E-state index < -0.39 is 41.2 Å². The number of carbonyl (C=O) groups excluding carboxylic acids is 2. The normalized spacial score (nSPS) is 18.7. The van der Waals surface area contributed by atoms with Crippen molar-refractivity contribution in [1.29, 1.82) is 5.26 Å². The topological polar surface area (TPSA) is 83.3 Å². The average Bonchev–Trinajstić information content (AvgIpc) is 3.03. The van der Waals surface area contributed by atoms with Crippen molar-refractivity contribution in [2.75, 3.05) is 6.54 Å². The Morgan fingerprint density at radius 1 is 1.33 bits per heavy atom. The molecule has 1 aromatic heterocycles. The van der Waals surface area contributed by atoms with Crippen LogP contribution in [0.15, 0.2) is 18.3 Å². The van der Waals surface area contributed by atoms with Gasteiger partial charge in [0.25, 0.3) is 0 Å². The predicted molar refractivity (Wildman–Crippen MR) is 88.6 cm³/mol. The zero-order valence-corrected chi connectivity index (χ0v) is 15.2. The molecule has 2 rings (SSSR count). The summed E-state index contributed by atoms with van der Waals surface area (Å²) < 4.78 is 43.2. The summed E-state index contributed by atoms with van der Waals surface area (Å²) in [6.45, 7) is 5.40. The van der Waals surface area contributed by atoms with E-state index in [0.717, 1.165) is 12.1 Å². The first-order valence-corrected chi connectivity index (χ1v) is 8.40. The van der Waals surface area contributed by atoms with Gasteiger partial charge in [-0.3, -0.25) is 14.7 Å². The summed E-state index contributed by atoms with van der Waals surface area (Å²) in [5.74, 6) is -1.94. The monoisotopic (exact) mass is 383 g/mol. The Morgan fingerprint density at radius 2 is 2.00 bits per heavy atom. The molecule has 0 saturated carbocycles. The zero-order chi connectivity index (χ0) is 20.4. The maximum Gasteiger partial charge on any atom is 0.417 e. The number of halogens is 3. The van der Waals surface area contributed by atoms with Gasteiger partial charge in [-0.1, -0.05) is 0 Å². The van der Waals surface area contributed by atoms with Crippen LogP contribution < -0.4 is 0 Å². The fraction of sp³-hybridized carbons (Fsp3) is 0.556. The Bertz CT molecular complexity index is 748. The third-order valence-corrected chi connectivity index (χ3v) is 4.03. The molecule has 6 nitrogen and oxygen atoms in total. The minimum atomic E-state index is -4.56. The molecule has 1 aromatic rings. The highest BCUT2D eigenvalue weighted by Gasteiger charge is 2.40. The number of Topliss-reactive ketones (excluding diaryl/α,β-unsaturated/α-hetero) is 1. The van der Waals surface area contributed by atoms with Crippen LogP contribution in [0.3, 0.4) is 0 Å². The van der Waals surface area contributed by atoms with E-state index in [9.17, 15) is 28.0 Å². The van der Waals surface area contributed by atoms with E-state index in [1.54, 1.807) is 26.8 Å². The largest absolute Gasteiger partial charge is 0.444 e. The number of likely N-dealkylation sites (tertiary alicyclic amines) is 1. The lowest BCUT2D eigenvalue weighted by Gasteiger charge is -2.28. The molecule has 1 unspecified atom stereocenters. The molecule has 1 saturated heterocycles. The lowest BCUT2D eigenvalue weighted by Crippen LogP contribution is -2.44. The summed E-state index contributed by atoms with van der Waals surface area (Å²) >= 11 is 0. The van der Waals surface area contributed by atoms with Gasteiger partial charge < -0.3 is 4.74 Å². The van der Waals surface area contributed by atoms with Crippen LogP contribution >= 0.6 is 0 Å². The van der Waals surface area contributed by atoms with Crippen LogP contribution in [0.4, 0.5) is 18.0 Å². The Balaban J connectivity index is 2.20. The number of aromatic nitrogens is 1. The molecule has 1 fully saturated rings. The van der Waals surface area contributed by atoms with Gasteiger partial charge in [0.2, 0.25) is 0 Å². The van der Waals surface area contributed by atoms with Gasteiger partial charge in [-0.15, -0.1) is 0 Å². The standard InChI is InChI=1S/C18H20F3N3O3/c1-17(2,3)27-16(26)24-8-4-5-14(24)15(25)12(9-22)13-7-6-11(10-23-13)18(19,20)21/h6-7,10,12,14H,4-5,8H2,1-3H3/t12?,14-/m0/s1. The smallest absolute Gasteiger partial charge is 0.417 e. The lowest BCUT2D eigenvalue weighted by atomic mass is 9.94. The van der Waals surface area contributed by atoms with Gasteiger partial charge in [-0.05, 0) is 45.7 Å². The first-order valence-electron chi connectivity index (χ1n) is 8.40. The second kappa shape index (κ2) is 7.55. The van der Waals surface area contributed by atoms with Crippen molar-refractivity contribution in [3.63, 3.8) is 0 Å². The number of ether oxygens (including phenoxy) is 1. The number of hydrogen-bond acceptors (Lipinski definition) is 5. The quantitative estimate of drug-likeness (QED) is 0.795. The van der Waals surface area contributed by atoms with Crippen molar-refractivity contribution in [3.05, 3.63) is 29.6 Å². The van der Waals surface area contributed by atoms with Crippen molar-refractivity contribution in [2.45, 2.75) is 57.3 Å². The summed E-state index contributed by atoms with van der Waals surface area (Å²) in [6.07, 6.45) is -3.70. The second-order valence-electron chi connectivity index (χ2n) is 7.27. The summed E-state index contributed by atoms with van der Waals surface area (Å²) in [6, 6.07) is 2.72. The van der Waals surface area contributed by atoms with Crippen molar-refractivity contribution in [1.82, 2.24) is 9.88 Å². The first-order chi connectivity index (χ1) is 12.4. The summed E-state index contributed by atoms with van der Waals surface area (Å²) in [5.41, 5.74) is -1.78. The number of nitrogens with zero attached hydrogens (tertiary/aromatic N) is 3. The van der Waals surface area contributed by atoms with Gasteiger partial charge in [-0.2, -0.15) is 18.4 Å².